The van der Waals surface area contributed by atoms with Gasteiger partial charge in [-0.15, -0.1) is 0 Å². The van der Waals surface area contributed by atoms with Gasteiger partial charge in [-0.25, -0.2) is 4.39 Å². The minimum Gasteiger partial charge on any atom is -0.314 e. The summed E-state index contributed by atoms with van der Waals surface area (Å²) in [7, 11) is 0. The van der Waals surface area contributed by atoms with Gasteiger partial charge < -0.3 is 5.32 Å². The Morgan fingerprint density at radius 1 is 1.32 bits per heavy atom. The van der Waals surface area contributed by atoms with Gasteiger partial charge in [0.05, 0.1) is 0 Å². The lowest BCUT2D eigenvalue weighted by molar-refractivity contribution is 0.351. The first-order chi connectivity index (χ1) is 9.11. The molecule has 3 unspecified atom stereocenters. The summed E-state index contributed by atoms with van der Waals surface area (Å²) in [4.78, 5) is 0. The van der Waals surface area contributed by atoms with Crippen LogP contribution in [0.2, 0.25) is 0 Å². The molecule has 0 saturated heterocycles. The smallest absolute Gasteiger partial charge is 0.123 e. The molecule has 0 spiro atoms. The van der Waals surface area contributed by atoms with Crippen LogP contribution in [-0.2, 0) is 6.42 Å². The monoisotopic (exact) mass is 263 g/mol. The molecule has 1 nitrogen and oxygen atoms in total. The Kier molecular flexibility index (Phi) is 4.98. The first-order valence-corrected chi connectivity index (χ1v) is 7.60. The van der Waals surface area contributed by atoms with Crippen molar-refractivity contribution in [1.29, 1.82) is 0 Å². The quantitative estimate of drug-likeness (QED) is 0.843. The molecule has 1 saturated carbocycles. The molecule has 1 fully saturated rings. The van der Waals surface area contributed by atoms with Crippen LogP contribution in [0.4, 0.5) is 4.39 Å². The predicted molar refractivity (Wildman–Crippen MR) is 78.8 cm³/mol. The van der Waals surface area contributed by atoms with E-state index in [-0.39, 0.29) is 5.82 Å². The van der Waals surface area contributed by atoms with Crippen molar-refractivity contribution in [2.75, 3.05) is 6.54 Å². The van der Waals surface area contributed by atoms with Crippen LogP contribution in [0.15, 0.2) is 18.2 Å². The lowest BCUT2D eigenvalue weighted by atomic mass is 9.88. The van der Waals surface area contributed by atoms with E-state index in [0.717, 1.165) is 13.0 Å². The molecule has 0 heterocycles. The SMILES string of the molecule is CCCNC1CCC(Cc2cc(F)ccc2C)C1C. The van der Waals surface area contributed by atoms with E-state index in [1.807, 2.05) is 6.07 Å². The van der Waals surface area contributed by atoms with Crippen molar-refractivity contribution in [1.82, 2.24) is 5.32 Å². The lowest BCUT2D eigenvalue weighted by Crippen LogP contribution is -2.33. The molecule has 0 bridgehead atoms. The molecule has 106 valence electrons. The van der Waals surface area contributed by atoms with Crippen LogP contribution in [0, 0.1) is 24.6 Å². The van der Waals surface area contributed by atoms with Crippen molar-refractivity contribution in [2.45, 2.75) is 52.5 Å². The molecule has 2 heteroatoms. The molecule has 0 amide bonds. The Bertz CT molecular complexity index is 416. The fraction of sp³-hybridized carbons (Fsp3) is 0.647. The fourth-order valence-corrected chi connectivity index (χ4v) is 3.30. The van der Waals surface area contributed by atoms with E-state index in [1.165, 1.54) is 30.4 Å². The number of nitrogens with one attached hydrogen (secondary N) is 1. The zero-order valence-corrected chi connectivity index (χ0v) is 12.4. The van der Waals surface area contributed by atoms with Gasteiger partial charge in [-0.05, 0) is 74.2 Å². The molecular formula is C17H26FN. The molecule has 1 aliphatic rings. The summed E-state index contributed by atoms with van der Waals surface area (Å²) in [6, 6.07) is 5.83. The minimum absolute atomic E-state index is 0.105. The van der Waals surface area contributed by atoms with Gasteiger partial charge in [0.25, 0.3) is 0 Å². The number of rotatable bonds is 5. The second-order valence-electron chi connectivity index (χ2n) is 6.03. The van der Waals surface area contributed by atoms with E-state index in [4.69, 9.17) is 0 Å². The van der Waals surface area contributed by atoms with Crippen molar-refractivity contribution in [3.63, 3.8) is 0 Å². The van der Waals surface area contributed by atoms with E-state index in [2.05, 4.69) is 26.1 Å². The predicted octanol–water partition coefficient (Wildman–Crippen LogP) is 4.09. The molecule has 0 aromatic heterocycles. The molecule has 1 aromatic rings. The van der Waals surface area contributed by atoms with Crippen LogP contribution in [-0.4, -0.2) is 12.6 Å². The van der Waals surface area contributed by atoms with Crippen LogP contribution in [0.5, 0.6) is 0 Å². The second kappa shape index (κ2) is 6.51. The number of hydrogen-bond acceptors (Lipinski definition) is 1. The van der Waals surface area contributed by atoms with Crippen LogP contribution in [0.3, 0.4) is 0 Å². The van der Waals surface area contributed by atoms with Crippen LogP contribution in [0.25, 0.3) is 0 Å². The van der Waals surface area contributed by atoms with Crippen molar-refractivity contribution in [3.05, 3.63) is 35.1 Å². The third-order valence-corrected chi connectivity index (χ3v) is 4.68. The highest BCUT2D eigenvalue weighted by Crippen LogP contribution is 2.34. The Balaban J connectivity index is 1.98. The maximum Gasteiger partial charge on any atom is 0.123 e. The van der Waals surface area contributed by atoms with Gasteiger partial charge in [0.1, 0.15) is 5.82 Å². The van der Waals surface area contributed by atoms with Gasteiger partial charge in [0, 0.05) is 6.04 Å². The number of benzene rings is 1. The van der Waals surface area contributed by atoms with Gasteiger partial charge in [0.2, 0.25) is 0 Å². The van der Waals surface area contributed by atoms with Gasteiger partial charge >= 0.3 is 0 Å². The normalized spacial score (nSPS) is 26.8. The van der Waals surface area contributed by atoms with E-state index in [0.29, 0.717) is 17.9 Å². The van der Waals surface area contributed by atoms with Gasteiger partial charge in [-0.1, -0.05) is 19.9 Å². The average Bonchev–Trinajstić information content (AvgIpc) is 2.73. The topological polar surface area (TPSA) is 12.0 Å². The molecule has 0 aliphatic heterocycles. The first-order valence-electron chi connectivity index (χ1n) is 7.60. The number of aryl methyl sites for hydroxylation is 1. The maximum atomic E-state index is 13.3. The molecule has 1 aromatic carbocycles. The summed E-state index contributed by atoms with van der Waals surface area (Å²) in [5, 5.41) is 3.65. The Morgan fingerprint density at radius 3 is 2.84 bits per heavy atom. The van der Waals surface area contributed by atoms with E-state index in [1.54, 1.807) is 12.1 Å². The maximum absolute atomic E-state index is 13.3. The Hall–Kier alpha value is -0.890. The van der Waals surface area contributed by atoms with Gasteiger partial charge in [-0.2, -0.15) is 0 Å². The summed E-state index contributed by atoms with van der Waals surface area (Å²) < 4.78 is 13.3. The second-order valence-corrected chi connectivity index (χ2v) is 6.03. The van der Waals surface area contributed by atoms with E-state index < -0.39 is 0 Å². The fourth-order valence-electron chi connectivity index (χ4n) is 3.30. The number of halogens is 1. The average molecular weight is 263 g/mol. The molecule has 3 atom stereocenters. The summed E-state index contributed by atoms with van der Waals surface area (Å²) in [6.07, 6.45) is 4.74. The zero-order valence-electron chi connectivity index (χ0n) is 12.4. The minimum atomic E-state index is -0.105. The molecule has 1 aliphatic carbocycles. The largest absolute Gasteiger partial charge is 0.314 e. The molecule has 0 radical (unpaired) electrons. The van der Waals surface area contributed by atoms with E-state index >= 15 is 0 Å². The summed E-state index contributed by atoms with van der Waals surface area (Å²) in [5.74, 6) is 1.27. The molecule has 19 heavy (non-hydrogen) atoms. The van der Waals surface area contributed by atoms with Crippen molar-refractivity contribution >= 4 is 0 Å². The van der Waals surface area contributed by atoms with Crippen molar-refractivity contribution in [2.24, 2.45) is 11.8 Å². The highest BCUT2D eigenvalue weighted by molar-refractivity contribution is 5.27. The van der Waals surface area contributed by atoms with Crippen LogP contribution < -0.4 is 5.32 Å². The Labute approximate surface area is 116 Å². The first kappa shape index (κ1) is 14.5. The summed E-state index contributed by atoms with van der Waals surface area (Å²) in [6.45, 7) is 7.75. The molecular weight excluding hydrogens is 237 g/mol. The van der Waals surface area contributed by atoms with Gasteiger partial charge in [0.15, 0.2) is 0 Å². The summed E-state index contributed by atoms with van der Waals surface area (Å²) in [5.41, 5.74) is 2.41. The highest BCUT2D eigenvalue weighted by Gasteiger charge is 2.32. The van der Waals surface area contributed by atoms with Crippen molar-refractivity contribution in [3.8, 4) is 0 Å². The van der Waals surface area contributed by atoms with Crippen LogP contribution >= 0.6 is 0 Å². The Morgan fingerprint density at radius 2 is 2.11 bits per heavy atom. The summed E-state index contributed by atoms with van der Waals surface area (Å²) >= 11 is 0. The molecule has 2 rings (SSSR count). The number of hydrogen-bond donors (Lipinski definition) is 1. The lowest BCUT2D eigenvalue weighted by Gasteiger charge is -2.22. The zero-order chi connectivity index (χ0) is 13.8. The third-order valence-electron chi connectivity index (χ3n) is 4.68. The van der Waals surface area contributed by atoms with E-state index in [9.17, 15) is 4.39 Å². The standard InChI is InChI=1S/C17H26FN/c1-4-9-19-17-8-6-14(13(17)3)10-15-11-16(18)7-5-12(15)2/h5,7,11,13-14,17,19H,4,6,8-10H2,1-3H3. The van der Waals surface area contributed by atoms with Crippen molar-refractivity contribution < 1.29 is 4.39 Å². The van der Waals surface area contributed by atoms with Crippen LogP contribution in [0.1, 0.15) is 44.2 Å². The third kappa shape index (κ3) is 3.56. The van der Waals surface area contributed by atoms with Gasteiger partial charge in [-0.3, -0.25) is 0 Å². The molecule has 1 N–H and O–H groups in total. The highest BCUT2D eigenvalue weighted by atomic mass is 19.1.